The lowest BCUT2D eigenvalue weighted by atomic mass is 10.2. The van der Waals surface area contributed by atoms with E-state index in [0.717, 1.165) is 18.2 Å². The van der Waals surface area contributed by atoms with Crippen LogP contribution in [0, 0.1) is 0 Å². The van der Waals surface area contributed by atoms with E-state index in [4.69, 9.17) is 10.2 Å². The number of carbonyl (C=O) groups is 1. The molecule has 100 valence electrons. The summed E-state index contributed by atoms with van der Waals surface area (Å²) in [7, 11) is 0. The average Bonchev–Trinajstić information content (AvgIpc) is 3.03. The van der Waals surface area contributed by atoms with Gasteiger partial charge in [-0.15, -0.1) is 0 Å². The average molecular weight is 260 g/mol. The number of furan rings is 1. The molecule has 1 amide bonds. The van der Waals surface area contributed by atoms with Gasteiger partial charge in [0.05, 0.1) is 12.6 Å². The summed E-state index contributed by atoms with van der Waals surface area (Å²) in [5.41, 5.74) is 7.00. The van der Waals surface area contributed by atoms with Gasteiger partial charge in [-0.2, -0.15) is 0 Å². The van der Waals surface area contributed by atoms with Crippen molar-refractivity contribution in [2.45, 2.75) is 18.9 Å². The minimum atomic E-state index is -0.161. The van der Waals surface area contributed by atoms with Crippen LogP contribution in [0.1, 0.15) is 23.4 Å². The summed E-state index contributed by atoms with van der Waals surface area (Å²) in [5.74, 6) is 0.146. The van der Waals surface area contributed by atoms with Gasteiger partial charge < -0.3 is 20.2 Å². The normalized spacial score (nSPS) is 19.2. The molecular formula is C14H16N2O3. The monoisotopic (exact) mass is 260 g/mol. The van der Waals surface area contributed by atoms with E-state index in [1.165, 1.54) is 0 Å². The molecule has 2 aromatic rings. The Bertz CT molecular complexity index is 620. The number of anilines is 1. The molecule has 1 fully saturated rings. The molecule has 2 heterocycles. The van der Waals surface area contributed by atoms with Gasteiger partial charge in [-0.25, -0.2) is 0 Å². The molecule has 3 rings (SSSR count). The van der Waals surface area contributed by atoms with Crippen LogP contribution in [0.15, 0.2) is 28.7 Å². The van der Waals surface area contributed by atoms with E-state index in [0.29, 0.717) is 23.6 Å². The first kappa shape index (κ1) is 12.0. The molecule has 1 aliphatic rings. The molecule has 0 aliphatic carbocycles. The first-order valence-electron chi connectivity index (χ1n) is 6.40. The predicted octanol–water partition coefficient (Wildman–Crippen LogP) is 1.61. The standard InChI is InChI=1S/C14H16N2O3/c15-10-3-4-12-9(6-10)7-13(19-12)14(18)16-5-1-2-11(16)8-17/h3-4,6-7,11,17H,1-2,5,8,15H2/t11-/m1/s1. The Hall–Kier alpha value is -2.01. The molecule has 1 aromatic heterocycles. The van der Waals surface area contributed by atoms with Crippen LogP contribution in [0.2, 0.25) is 0 Å². The maximum atomic E-state index is 12.4. The van der Waals surface area contributed by atoms with Crippen LogP contribution in [-0.4, -0.2) is 35.1 Å². The quantitative estimate of drug-likeness (QED) is 0.804. The summed E-state index contributed by atoms with van der Waals surface area (Å²) < 4.78 is 5.56. The molecule has 3 N–H and O–H groups in total. The molecule has 1 aromatic carbocycles. The van der Waals surface area contributed by atoms with Crippen molar-refractivity contribution in [3.8, 4) is 0 Å². The molecule has 5 heteroatoms. The Morgan fingerprint density at radius 1 is 1.47 bits per heavy atom. The summed E-state index contributed by atoms with van der Waals surface area (Å²) in [6, 6.07) is 6.90. The fraction of sp³-hybridized carbons (Fsp3) is 0.357. The third kappa shape index (κ3) is 2.06. The first-order valence-corrected chi connectivity index (χ1v) is 6.40. The number of benzene rings is 1. The van der Waals surface area contributed by atoms with Gasteiger partial charge in [0.25, 0.3) is 5.91 Å². The molecule has 0 spiro atoms. The molecule has 0 bridgehead atoms. The van der Waals surface area contributed by atoms with E-state index in [1.54, 1.807) is 29.2 Å². The van der Waals surface area contributed by atoms with Crippen LogP contribution in [0.5, 0.6) is 0 Å². The molecule has 0 saturated carbocycles. The van der Waals surface area contributed by atoms with Crippen molar-refractivity contribution in [2.75, 3.05) is 18.9 Å². The fourth-order valence-corrected chi connectivity index (χ4v) is 2.60. The topological polar surface area (TPSA) is 79.7 Å². The summed E-state index contributed by atoms with van der Waals surface area (Å²) in [4.78, 5) is 14.0. The third-order valence-electron chi connectivity index (χ3n) is 3.60. The highest BCUT2D eigenvalue weighted by Gasteiger charge is 2.30. The maximum Gasteiger partial charge on any atom is 0.289 e. The summed E-state index contributed by atoms with van der Waals surface area (Å²) in [6.07, 6.45) is 1.76. The van der Waals surface area contributed by atoms with Crippen LogP contribution in [-0.2, 0) is 0 Å². The van der Waals surface area contributed by atoms with Crippen molar-refractivity contribution in [3.05, 3.63) is 30.0 Å². The van der Waals surface area contributed by atoms with Gasteiger partial charge in [0.15, 0.2) is 5.76 Å². The van der Waals surface area contributed by atoms with Crippen molar-refractivity contribution >= 4 is 22.6 Å². The molecule has 0 unspecified atom stereocenters. The van der Waals surface area contributed by atoms with Crippen LogP contribution >= 0.6 is 0 Å². The van der Waals surface area contributed by atoms with E-state index in [1.807, 2.05) is 0 Å². The summed E-state index contributed by atoms with van der Waals surface area (Å²) in [6.45, 7) is 0.669. The van der Waals surface area contributed by atoms with Crippen molar-refractivity contribution in [1.82, 2.24) is 4.90 Å². The van der Waals surface area contributed by atoms with Gasteiger partial charge in [-0.1, -0.05) is 0 Å². The van der Waals surface area contributed by atoms with Crippen LogP contribution in [0.25, 0.3) is 11.0 Å². The Morgan fingerprint density at radius 3 is 3.11 bits per heavy atom. The summed E-state index contributed by atoms with van der Waals surface area (Å²) in [5, 5.41) is 10.1. The lowest BCUT2D eigenvalue weighted by Crippen LogP contribution is -2.37. The molecule has 0 radical (unpaired) electrons. The fourth-order valence-electron chi connectivity index (χ4n) is 2.60. The maximum absolute atomic E-state index is 12.4. The zero-order valence-corrected chi connectivity index (χ0v) is 10.5. The Morgan fingerprint density at radius 2 is 2.32 bits per heavy atom. The highest BCUT2D eigenvalue weighted by Crippen LogP contribution is 2.25. The van der Waals surface area contributed by atoms with E-state index in [-0.39, 0.29) is 18.6 Å². The zero-order valence-electron chi connectivity index (χ0n) is 10.5. The van der Waals surface area contributed by atoms with Crippen molar-refractivity contribution in [3.63, 3.8) is 0 Å². The number of nitrogen functional groups attached to an aromatic ring is 1. The number of hydrogen-bond donors (Lipinski definition) is 2. The number of likely N-dealkylation sites (tertiary alicyclic amines) is 1. The number of rotatable bonds is 2. The van der Waals surface area contributed by atoms with E-state index >= 15 is 0 Å². The SMILES string of the molecule is Nc1ccc2oc(C(=O)N3CCC[C@@H]3CO)cc2c1. The van der Waals surface area contributed by atoms with Gasteiger partial charge in [-0.05, 0) is 37.1 Å². The second-order valence-corrected chi connectivity index (χ2v) is 4.89. The number of nitrogens with two attached hydrogens (primary N) is 1. The molecule has 1 aliphatic heterocycles. The minimum absolute atomic E-state index is 0.00107. The van der Waals surface area contributed by atoms with Crippen LogP contribution in [0.3, 0.4) is 0 Å². The highest BCUT2D eigenvalue weighted by atomic mass is 16.3. The number of amides is 1. The second-order valence-electron chi connectivity index (χ2n) is 4.89. The van der Waals surface area contributed by atoms with Gasteiger partial charge in [0.2, 0.25) is 0 Å². The summed E-state index contributed by atoms with van der Waals surface area (Å²) >= 11 is 0. The molecule has 1 atom stereocenters. The molecule has 5 nitrogen and oxygen atoms in total. The highest BCUT2D eigenvalue weighted by molar-refractivity contribution is 5.97. The van der Waals surface area contributed by atoms with E-state index in [9.17, 15) is 9.90 Å². The van der Waals surface area contributed by atoms with Crippen LogP contribution in [0.4, 0.5) is 5.69 Å². The lowest BCUT2D eigenvalue weighted by molar-refractivity contribution is 0.0648. The van der Waals surface area contributed by atoms with Gasteiger partial charge in [-0.3, -0.25) is 4.79 Å². The zero-order chi connectivity index (χ0) is 13.4. The van der Waals surface area contributed by atoms with Gasteiger partial charge in [0, 0.05) is 17.6 Å². The Labute approximate surface area is 110 Å². The Kier molecular flexibility index (Phi) is 2.91. The molecule has 1 saturated heterocycles. The number of hydrogen-bond acceptors (Lipinski definition) is 4. The molecular weight excluding hydrogens is 244 g/mol. The predicted molar refractivity (Wildman–Crippen MR) is 71.8 cm³/mol. The number of carbonyl (C=O) groups excluding carboxylic acids is 1. The smallest absolute Gasteiger partial charge is 0.289 e. The minimum Gasteiger partial charge on any atom is -0.451 e. The van der Waals surface area contributed by atoms with Gasteiger partial charge in [0.1, 0.15) is 5.58 Å². The first-order chi connectivity index (χ1) is 9.19. The van der Waals surface area contributed by atoms with E-state index < -0.39 is 0 Å². The van der Waals surface area contributed by atoms with Crippen LogP contribution < -0.4 is 5.73 Å². The Balaban J connectivity index is 1.93. The number of aliphatic hydroxyl groups is 1. The third-order valence-corrected chi connectivity index (χ3v) is 3.60. The lowest BCUT2D eigenvalue weighted by Gasteiger charge is -2.21. The largest absolute Gasteiger partial charge is 0.451 e. The van der Waals surface area contributed by atoms with Gasteiger partial charge >= 0.3 is 0 Å². The van der Waals surface area contributed by atoms with Crippen molar-refractivity contribution < 1.29 is 14.3 Å². The number of fused-ring (bicyclic) bond motifs is 1. The number of aliphatic hydroxyl groups excluding tert-OH is 1. The van der Waals surface area contributed by atoms with Crippen molar-refractivity contribution in [2.24, 2.45) is 0 Å². The van der Waals surface area contributed by atoms with E-state index in [2.05, 4.69) is 0 Å². The number of nitrogens with zero attached hydrogens (tertiary/aromatic N) is 1. The second kappa shape index (κ2) is 4.59. The molecule has 19 heavy (non-hydrogen) atoms. The van der Waals surface area contributed by atoms with Crippen molar-refractivity contribution in [1.29, 1.82) is 0 Å².